The van der Waals surface area contributed by atoms with Crippen molar-refractivity contribution >= 4 is 33.7 Å². The van der Waals surface area contributed by atoms with Crippen LogP contribution in [0.2, 0.25) is 0 Å². The van der Waals surface area contributed by atoms with Crippen molar-refractivity contribution in [2.45, 2.75) is 18.8 Å². The number of aromatic amines is 1. The molecule has 1 atom stereocenters. The van der Waals surface area contributed by atoms with Crippen LogP contribution in [-0.2, 0) is 9.59 Å². The van der Waals surface area contributed by atoms with Crippen LogP contribution in [0.3, 0.4) is 0 Å². The van der Waals surface area contributed by atoms with Crippen LogP contribution in [0.5, 0.6) is 0 Å². The molecule has 6 nitrogen and oxygen atoms in total. The van der Waals surface area contributed by atoms with Gasteiger partial charge in [0.2, 0.25) is 11.8 Å². The third-order valence-electron chi connectivity index (χ3n) is 3.77. The van der Waals surface area contributed by atoms with Gasteiger partial charge in [0.05, 0.1) is 22.5 Å². The molecule has 1 saturated heterocycles. The molecule has 0 aliphatic carbocycles. The molecule has 0 unspecified atom stereocenters. The van der Waals surface area contributed by atoms with Gasteiger partial charge in [-0.1, -0.05) is 0 Å². The van der Waals surface area contributed by atoms with E-state index in [1.54, 1.807) is 6.20 Å². The number of imide groups is 1. The van der Waals surface area contributed by atoms with E-state index in [0.717, 1.165) is 16.3 Å². The predicted octanol–water partition coefficient (Wildman–Crippen LogP) is 1.83. The Labute approximate surface area is 113 Å². The van der Waals surface area contributed by atoms with E-state index in [0.29, 0.717) is 24.1 Å². The summed E-state index contributed by atoms with van der Waals surface area (Å²) in [6, 6.07) is 5.61. The topological polar surface area (TPSA) is 88.0 Å². The Morgan fingerprint density at radius 3 is 3.00 bits per heavy atom. The Kier molecular flexibility index (Phi) is 2.20. The summed E-state index contributed by atoms with van der Waals surface area (Å²) in [5.41, 5.74) is 2.26. The molecule has 1 aliphatic heterocycles. The number of benzene rings is 1. The van der Waals surface area contributed by atoms with Crippen molar-refractivity contribution in [1.82, 2.24) is 15.5 Å². The fourth-order valence-electron chi connectivity index (χ4n) is 2.80. The maximum absolute atomic E-state index is 12.0. The van der Waals surface area contributed by atoms with Gasteiger partial charge in [-0.15, -0.1) is 0 Å². The first-order valence-corrected chi connectivity index (χ1v) is 6.42. The van der Waals surface area contributed by atoms with Crippen LogP contribution >= 0.6 is 0 Å². The average Bonchev–Trinajstić information content (AvgIpc) is 3.03. The van der Waals surface area contributed by atoms with Crippen molar-refractivity contribution in [2.75, 3.05) is 0 Å². The molecule has 0 radical (unpaired) electrons. The molecule has 0 saturated carbocycles. The molecule has 1 aliphatic rings. The molecule has 2 N–H and O–H groups in total. The normalized spacial score (nSPS) is 19.7. The minimum absolute atomic E-state index is 0.223. The lowest BCUT2D eigenvalue weighted by molar-refractivity contribution is -0.134. The van der Waals surface area contributed by atoms with Crippen molar-refractivity contribution < 1.29 is 14.1 Å². The Morgan fingerprint density at radius 1 is 1.25 bits per heavy atom. The molecule has 6 heteroatoms. The van der Waals surface area contributed by atoms with Gasteiger partial charge in [0.15, 0.2) is 5.58 Å². The van der Waals surface area contributed by atoms with Crippen molar-refractivity contribution in [3.05, 3.63) is 30.1 Å². The summed E-state index contributed by atoms with van der Waals surface area (Å²) in [5.74, 6) is -0.898. The van der Waals surface area contributed by atoms with E-state index < -0.39 is 5.92 Å². The second kappa shape index (κ2) is 3.93. The highest BCUT2D eigenvalue weighted by Crippen LogP contribution is 2.34. The smallest absolute Gasteiger partial charge is 0.235 e. The second-order valence-electron chi connectivity index (χ2n) is 4.94. The Hall–Kier alpha value is -2.63. The number of fused-ring (bicyclic) bond motifs is 3. The first-order chi connectivity index (χ1) is 9.74. The van der Waals surface area contributed by atoms with Gasteiger partial charge >= 0.3 is 0 Å². The van der Waals surface area contributed by atoms with Gasteiger partial charge < -0.3 is 4.52 Å². The summed E-state index contributed by atoms with van der Waals surface area (Å²) in [6.07, 6.45) is 2.55. The molecule has 2 amide bonds. The number of carbonyl (C=O) groups is 2. The van der Waals surface area contributed by atoms with Crippen molar-refractivity contribution in [2.24, 2.45) is 0 Å². The molecular weight excluding hydrogens is 258 g/mol. The molecule has 2 aromatic heterocycles. The first-order valence-electron chi connectivity index (χ1n) is 6.42. The van der Waals surface area contributed by atoms with Crippen molar-refractivity contribution in [3.8, 4) is 0 Å². The number of piperidine rings is 1. The zero-order valence-electron chi connectivity index (χ0n) is 10.5. The summed E-state index contributed by atoms with van der Waals surface area (Å²) in [5, 5.41) is 7.03. The second-order valence-corrected chi connectivity index (χ2v) is 4.94. The molecule has 1 fully saturated rings. The number of hydrogen-bond donors (Lipinski definition) is 2. The van der Waals surface area contributed by atoms with Crippen LogP contribution in [-0.4, -0.2) is 22.0 Å². The molecule has 20 heavy (non-hydrogen) atoms. The number of H-pyrrole nitrogens is 1. The van der Waals surface area contributed by atoms with Gasteiger partial charge in [-0.25, -0.2) is 5.16 Å². The van der Waals surface area contributed by atoms with Crippen molar-refractivity contribution in [1.29, 1.82) is 0 Å². The van der Waals surface area contributed by atoms with Gasteiger partial charge in [0.25, 0.3) is 0 Å². The van der Waals surface area contributed by atoms with Gasteiger partial charge in [0, 0.05) is 18.0 Å². The molecule has 3 heterocycles. The predicted molar refractivity (Wildman–Crippen MR) is 71.0 cm³/mol. The number of nitrogens with zero attached hydrogens (tertiary/aromatic N) is 1. The maximum Gasteiger partial charge on any atom is 0.235 e. The van der Waals surface area contributed by atoms with Crippen LogP contribution in [0.25, 0.3) is 21.9 Å². The Bertz CT molecular complexity index is 846. The zero-order chi connectivity index (χ0) is 13.7. The van der Waals surface area contributed by atoms with Crippen LogP contribution in [0.4, 0.5) is 0 Å². The van der Waals surface area contributed by atoms with E-state index in [9.17, 15) is 9.59 Å². The summed E-state index contributed by atoms with van der Waals surface area (Å²) in [4.78, 5) is 27.5. The highest BCUT2D eigenvalue weighted by atomic mass is 16.5. The fraction of sp³-hybridized carbons (Fsp3) is 0.214. The third kappa shape index (κ3) is 1.48. The summed E-state index contributed by atoms with van der Waals surface area (Å²) < 4.78 is 5.44. The summed E-state index contributed by atoms with van der Waals surface area (Å²) >= 11 is 0. The average molecular weight is 269 g/mol. The van der Waals surface area contributed by atoms with E-state index in [1.165, 1.54) is 0 Å². The number of carbonyl (C=O) groups excluding carboxylic acids is 2. The van der Waals surface area contributed by atoms with E-state index in [4.69, 9.17) is 4.52 Å². The van der Waals surface area contributed by atoms with Gasteiger partial charge in [-0.2, -0.15) is 0 Å². The summed E-state index contributed by atoms with van der Waals surface area (Å²) in [6.45, 7) is 0. The number of aromatic nitrogens is 2. The van der Waals surface area contributed by atoms with Crippen LogP contribution in [0.15, 0.2) is 28.9 Å². The highest BCUT2D eigenvalue weighted by Gasteiger charge is 2.31. The standard InChI is InChI=1S/C14H11N3O3/c18-11-4-1-8(14(19)16-11)13-12-7-5-6-15-9(7)2-3-10(12)20-17-13/h2-3,5-6,8,17H,1,4H2,(H,16,18,19)/t8-/m1/s1. The van der Waals surface area contributed by atoms with Gasteiger partial charge in [0.1, 0.15) is 0 Å². The zero-order valence-corrected chi connectivity index (χ0v) is 10.5. The minimum Gasteiger partial charge on any atom is -0.382 e. The highest BCUT2D eigenvalue weighted by molar-refractivity contribution is 6.09. The number of rotatable bonds is 1. The van der Waals surface area contributed by atoms with Gasteiger partial charge in [-0.05, 0) is 24.6 Å². The molecule has 3 aromatic rings. The minimum atomic E-state index is -0.394. The number of amides is 2. The molecule has 100 valence electrons. The number of nitrogens with one attached hydrogen (secondary N) is 2. The largest absolute Gasteiger partial charge is 0.382 e. The van der Waals surface area contributed by atoms with Crippen LogP contribution in [0, 0.1) is 0 Å². The lowest BCUT2D eigenvalue weighted by Crippen LogP contribution is -2.39. The van der Waals surface area contributed by atoms with E-state index >= 15 is 0 Å². The van der Waals surface area contributed by atoms with Crippen LogP contribution in [0.1, 0.15) is 24.5 Å². The maximum atomic E-state index is 12.0. The number of hydrogen-bond acceptors (Lipinski definition) is 4. The lowest BCUT2D eigenvalue weighted by Gasteiger charge is -2.19. The molecule has 0 bridgehead atoms. The lowest BCUT2D eigenvalue weighted by atomic mass is 9.92. The Balaban J connectivity index is 1.93. The fourth-order valence-corrected chi connectivity index (χ4v) is 2.80. The monoisotopic (exact) mass is 269 g/mol. The SMILES string of the molecule is O=C1CC[C@H](c2[nH]oc3ccc4nccc4c23)C(=O)N1. The molecular formula is C14H11N3O3. The third-order valence-corrected chi connectivity index (χ3v) is 3.77. The Morgan fingerprint density at radius 2 is 2.15 bits per heavy atom. The first kappa shape index (κ1) is 11.2. The molecule has 0 spiro atoms. The van der Waals surface area contributed by atoms with E-state index in [2.05, 4.69) is 15.5 Å². The van der Waals surface area contributed by atoms with E-state index in [1.807, 2.05) is 18.2 Å². The molecule has 1 aromatic carbocycles. The van der Waals surface area contributed by atoms with Crippen LogP contribution < -0.4 is 5.32 Å². The summed E-state index contributed by atoms with van der Waals surface area (Å²) in [7, 11) is 0. The van der Waals surface area contributed by atoms with Crippen molar-refractivity contribution in [3.63, 3.8) is 0 Å². The quantitative estimate of drug-likeness (QED) is 0.660. The van der Waals surface area contributed by atoms with E-state index in [-0.39, 0.29) is 11.8 Å². The molecule has 4 rings (SSSR count). The van der Waals surface area contributed by atoms with Gasteiger partial charge in [-0.3, -0.25) is 19.9 Å².